The molecule has 24 heavy (non-hydrogen) atoms. The van der Waals surface area contributed by atoms with Crippen molar-refractivity contribution in [1.29, 1.82) is 0 Å². The zero-order valence-corrected chi connectivity index (χ0v) is 14.9. The summed E-state index contributed by atoms with van der Waals surface area (Å²) in [5.74, 6) is -0.224. The van der Waals surface area contributed by atoms with E-state index in [1.165, 1.54) is 11.8 Å². The maximum atomic E-state index is 12.5. The van der Waals surface area contributed by atoms with Gasteiger partial charge in [-0.05, 0) is 49.7 Å². The molecule has 1 aliphatic heterocycles. The molecule has 2 amide bonds. The van der Waals surface area contributed by atoms with Crippen LogP contribution in [0.25, 0.3) is 0 Å². The zero-order valence-electron chi connectivity index (χ0n) is 13.3. The number of benzene rings is 2. The third kappa shape index (κ3) is 3.57. The fraction of sp³-hybridized carbons (Fsp3) is 0.222. The molecule has 1 heterocycles. The SMILES string of the molecule is CC1Sc2ccc(C(=O)NC(C)c3ccc(Cl)cc3)cc2NC1=O. The molecule has 2 aromatic rings. The number of anilines is 1. The number of thioether (sulfide) groups is 1. The molecule has 2 atom stereocenters. The van der Waals surface area contributed by atoms with Crippen molar-refractivity contribution in [3.63, 3.8) is 0 Å². The second-order valence-corrected chi connectivity index (χ2v) is 7.53. The quantitative estimate of drug-likeness (QED) is 0.859. The zero-order chi connectivity index (χ0) is 17.3. The number of amides is 2. The molecule has 2 aromatic carbocycles. The maximum absolute atomic E-state index is 12.5. The van der Waals surface area contributed by atoms with Gasteiger partial charge in [0.15, 0.2) is 0 Å². The molecule has 4 nitrogen and oxygen atoms in total. The standard InChI is InChI=1S/C18H17ClN2O2S/c1-10(12-3-6-14(19)7-4-12)20-18(23)13-5-8-16-15(9-13)21-17(22)11(2)24-16/h3-11H,1-2H3,(H,20,23)(H,21,22). The van der Waals surface area contributed by atoms with Crippen molar-refractivity contribution in [3.05, 3.63) is 58.6 Å². The Morgan fingerprint density at radius 3 is 2.67 bits per heavy atom. The van der Waals surface area contributed by atoms with Gasteiger partial charge in [-0.2, -0.15) is 0 Å². The third-order valence-electron chi connectivity index (χ3n) is 3.89. The van der Waals surface area contributed by atoms with Crippen LogP contribution in [0.3, 0.4) is 0 Å². The van der Waals surface area contributed by atoms with E-state index in [0.717, 1.165) is 10.5 Å². The van der Waals surface area contributed by atoms with Gasteiger partial charge >= 0.3 is 0 Å². The third-order valence-corrected chi connectivity index (χ3v) is 5.32. The van der Waals surface area contributed by atoms with E-state index < -0.39 is 0 Å². The highest BCUT2D eigenvalue weighted by Crippen LogP contribution is 2.36. The molecule has 1 aliphatic rings. The molecule has 124 valence electrons. The smallest absolute Gasteiger partial charge is 0.251 e. The van der Waals surface area contributed by atoms with Crippen molar-refractivity contribution >= 4 is 40.9 Å². The van der Waals surface area contributed by atoms with Gasteiger partial charge in [-0.1, -0.05) is 23.7 Å². The Hall–Kier alpha value is -1.98. The number of halogens is 1. The second kappa shape index (κ2) is 6.87. The summed E-state index contributed by atoms with van der Waals surface area (Å²) in [5.41, 5.74) is 2.18. The molecule has 0 fully saturated rings. The van der Waals surface area contributed by atoms with E-state index in [2.05, 4.69) is 10.6 Å². The minimum absolute atomic E-state index is 0.0420. The first-order valence-electron chi connectivity index (χ1n) is 7.62. The first-order chi connectivity index (χ1) is 11.4. The van der Waals surface area contributed by atoms with Crippen LogP contribution in [0, 0.1) is 0 Å². The van der Waals surface area contributed by atoms with Crippen LogP contribution < -0.4 is 10.6 Å². The lowest BCUT2D eigenvalue weighted by molar-refractivity contribution is -0.115. The van der Waals surface area contributed by atoms with Crippen LogP contribution in [0.15, 0.2) is 47.4 Å². The Balaban J connectivity index is 1.75. The number of fused-ring (bicyclic) bond motifs is 1. The van der Waals surface area contributed by atoms with Crippen LogP contribution in [0.2, 0.25) is 5.02 Å². The van der Waals surface area contributed by atoms with Gasteiger partial charge in [0.2, 0.25) is 5.91 Å². The Labute approximate surface area is 150 Å². The van der Waals surface area contributed by atoms with E-state index in [1.807, 2.05) is 32.0 Å². The molecule has 0 aromatic heterocycles. The largest absolute Gasteiger partial charge is 0.346 e. The molecule has 0 saturated carbocycles. The minimum atomic E-state index is -0.182. The van der Waals surface area contributed by atoms with E-state index in [0.29, 0.717) is 16.3 Å². The van der Waals surface area contributed by atoms with E-state index in [1.54, 1.807) is 24.3 Å². The van der Waals surface area contributed by atoms with Gasteiger partial charge in [-0.3, -0.25) is 9.59 Å². The first kappa shape index (κ1) is 16.9. The average molecular weight is 361 g/mol. The Morgan fingerprint density at radius 1 is 1.25 bits per heavy atom. The second-order valence-electron chi connectivity index (χ2n) is 5.71. The highest BCUT2D eigenvalue weighted by Gasteiger charge is 2.24. The summed E-state index contributed by atoms with van der Waals surface area (Å²) >= 11 is 7.38. The highest BCUT2D eigenvalue weighted by molar-refractivity contribution is 8.00. The van der Waals surface area contributed by atoms with Crippen LogP contribution in [-0.2, 0) is 4.79 Å². The summed E-state index contributed by atoms with van der Waals surface area (Å²) in [5, 5.41) is 6.34. The molecular weight excluding hydrogens is 344 g/mol. The Bertz CT molecular complexity index is 792. The molecule has 3 rings (SSSR count). The Morgan fingerprint density at radius 2 is 1.96 bits per heavy atom. The van der Waals surface area contributed by atoms with Crippen molar-refractivity contribution in [2.24, 2.45) is 0 Å². The average Bonchev–Trinajstić information content (AvgIpc) is 2.56. The van der Waals surface area contributed by atoms with Gasteiger partial charge in [-0.15, -0.1) is 11.8 Å². The number of hydrogen-bond acceptors (Lipinski definition) is 3. The lowest BCUT2D eigenvalue weighted by Gasteiger charge is -2.22. The topological polar surface area (TPSA) is 58.2 Å². The summed E-state index contributed by atoms with van der Waals surface area (Å²) in [6.45, 7) is 3.77. The Kier molecular flexibility index (Phi) is 4.83. The van der Waals surface area contributed by atoms with Crippen molar-refractivity contribution in [1.82, 2.24) is 5.32 Å². The predicted molar refractivity (Wildman–Crippen MR) is 97.7 cm³/mol. The molecule has 0 aliphatic carbocycles. The fourth-order valence-electron chi connectivity index (χ4n) is 2.46. The fourth-order valence-corrected chi connectivity index (χ4v) is 3.52. The normalized spacial score (nSPS) is 17.6. The summed E-state index contributed by atoms with van der Waals surface area (Å²) in [4.78, 5) is 25.2. The van der Waals surface area contributed by atoms with Crippen LogP contribution in [0.1, 0.15) is 35.8 Å². The van der Waals surface area contributed by atoms with Gasteiger partial charge < -0.3 is 10.6 Å². The lowest BCUT2D eigenvalue weighted by Crippen LogP contribution is -2.28. The van der Waals surface area contributed by atoms with Crippen LogP contribution in [0.5, 0.6) is 0 Å². The first-order valence-corrected chi connectivity index (χ1v) is 8.87. The van der Waals surface area contributed by atoms with Crippen molar-refractivity contribution in [3.8, 4) is 0 Å². The molecule has 2 N–H and O–H groups in total. The van der Waals surface area contributed by atoms with E-state index in [9.17, 15) is 9.59 Å². The molecule has 2 unspecified atom stereocenters. The van der Waals surface area contributed by atoms with Crippen LogP contribution in [0.4, 0.5) is 5.69 Å². The minimum Gasteiger partial charge on any atom is -0.346 e. The van der Waals surface area contributed by atoms with Crippen molar-refractivity contribution in [2.45, 2.75) is 30.0 Å². The van der Waals surface area contributed by atoms with Gasteiger partial charge in [-0.25, -0.2) is 0 Å². The number of carbonyl (C=O) groups is 2. The summed E-state index contributed by atoms with van der Waals surface area (Å²) in [6.07, 6.45) is 0. The highest BCUT2D eigenvalue weighted by atomic mass is 35.5. The summed E-state index contributed by atoms with van der Waals surface area (Å²) in [6, 6.07) is 12.6. The maximum Gasteiger partial charge on any atom is 0.251 e. The van der Waals surface area contributed by atoms with Crippen molar-refractivity contribution < 1.29 is 9.59 Å². The van der Waals surface area contributed by atoms with Gasteiger partial charge in [0.1, 0.15) is 0 Å². The number of nitrogens with one attached hydrogen (secondary N) is 2. The molecule has 6 heteroatoms. The van der Waals surface area contributed by atoms with Crippen LogP contribution in [-0.4, -0.2) is 17.1 Å². The van der Waals surface area contributed by atoms with Crippen LogP contribution >= 0.6 is 23.4 Å². The summed E-state index contributed by atoms with van der Waals surface area (Å²) < 4.78 is 0. The number of carbonyl (C=O) groups excluding carboxylic acids is 2. The summed E-state index contributed by atoms with van der Waals surface area (Å²) in [7, 11) is 0. The van der Waals surface area contributed by atoms with Crippen molar-refractivity contribution in [2.75, 3.05) is 5.32 Å². The molecule has 0 saturated heterocycles. The molecule has 0 bridgehead atoms. The number of hydrogen-bond donors (Lipinski definition) is 2. The van der Waals surface area contributed by atoms with E-state index >= 15 is 0 Å². The van der Waals surface area contributed by atoms with Gasteiger partial charge in [0.25, 0.3) is 5.91 Å². The molecule has 0 spiro atoms. The molecular formula is C18H17ClN2O2S. The lowest BCUT2D eigenvalue weighted by atomic mass is 10.1. The monoisotopic (exact) mass is 360 g/mol. The van der Waals surface area contributed by atoms with E-state index in [4.69, 9.17) is 11.6 Å². The van der Waals surface area contributed by atoms with Gasteiger partial charge in [0, 0.05) is 15.5 Å². The predicted octanol–water partition coefficient (Wildman–Crippen LogP) is 4.26. The molecule has 0 radical (unpaired) electrons. The van der Waals surface area contributed by atoms with E-state index in [-0.39, 0.29) is 23.1 Å². The van der Waals surface area contributed by atoms with Gasteiger partial charge in [0.05, 0.1) is 17.0 Å². The number of rotatable bonds is 3.